The number of rotatable bonds is 2. The normalized spacial score (nSPS) is 26.6. The van der Waals surface area contributed by atoms with Crippen molar-refractivity contribution in [1.29, 1.82) is 0 Å². The van der Waals surface area contributed by atoms with E-state index in [1.165, 1.54) is 12.3 Å². The number of hydrogen-bond donors (Lipinski definition) is 0. The molecule has 1 aliphatic rings. The molecule has 13 heavy (non-hydrogen) atoms. The Morgan fingerprint density at radius 2 is 2.23 bits per heavy atom. The van der Waals surface area contributed by atoms with E-state index in [0.29, 0.717) is 11.9 Å². The second-order valence-corrected chi connectivity index (χ2v) is 3.63. The summed E-state index contributed by atoms with van der Waals surface area (Å²) in [5.41, 5.74) is 0. The molecule has 3 heteroatoms. The molecule has 1 aliphatic carbocycles. The maximum Gasteiger partial charge on any atom is 0.213 e. The zero-order valence-electron chi connectivity index (χ0n) is 7.53. The highest BCUT2D eigenvalue weighted by Crippen LogP contribution is 2.30. The third-order valence-electron chi connectivity index (χ3n) is 2.33. The Morgan fingerprint density at radius 1 is 1.46 bits per heavy atom. The topological polar surface area (TPSA) is 22.1 Å². The maximum absolute atomic E-state index is 12.4. The summed E-state index contributed by atoms with van der Waals surface area (Å²) in [4.78, 5) is 3.52. The first-order valence-corrected chi connectivity index (χ1v) is 4.52. The summed E-state index contributed by atoms with van der Waals surface area (Å²) in [6.45, 7) is 2.20. The summed E-state index contributed by atoms with van der Waals surface area (Å²) >= 11 is 0. The molecule has 1 fully saturated rings. The SMILES string of the molecule is CC1CC(Oc2ccc(F)nc2)C1. The molecule has 0 aromatic carbocycles. The van der Waals surface area contributed by atoms with Crippen LogP contribution in [0.4, 0.5) is 4.39 Å². The number of hydrogen-bond acceptors (Lipinski definition) is 2. The average molecular weight is 181 g/mol. The number of pyridine rings is 1. The predicted molar refractivity (Wildman–Crippen MR) is 47.0 cm³/mol. The minimum atomic E-state index is -0.464. The second kappa shape index (κ2) is 3.32. The summed E-state index contributed by atoms with van der Waals surface area (Å²) in [5.74, 6) is 0.964. The number of aromatic nitrogens is 1. The Labute approximate surface area is 76.7 Å². The van der Waals surface area contributed by atoms with Crippen LogP contribution in [0.1, 0.15) is 19.8 Å². The first kappa shape index (κ1) is 8.48. The van der Waals surface area contributed by atoms with Gasteiger partial charge < -0.3 is 4.74 Å². The van der Waals surface area contributed by atoms with Gasteiger partial charge in [0.2, 0.25) is 5.95 Å². The molecule has 0 amide bonds. The average Bonchev–Trinajstić information content (AvgIpc) is 2.06. The quantitative estimate of drug-likeness (QED) is 0.653. The zero-order valence-corrected chi connectivity index (χ0v) is 7.53. The van der Waals surface area contributed by atoms with Crippen LogP contribution in [-0.4, -0.2) is 11.1 Å². The molecule has 0 N–H and O–H groups in total. The van der Waals surface area contributed by atoms with E-state index < -0.39 is 5.95 Å². The first-order valence-electron chi connectivity index (χ1n) is 4.52. The van der Waals surface area contributed by atoms with Crippen LogP contribution >= 0.6 is 0 Å². The fraction of sp³-hybridized carbons (Fsp3) is 0.500. The molecule has 2 nitrogen and oxygen atoms in total. The van der Waals surface area contributed by atoms with E-state index in [2.05, 4.69) is 11.9 Å². The molecule has 1 aromatic rings. The molecular formula is C10H12FNO. The lowest BCUT2D eigenvalue weighted by molar-refractivity contribution is 0.0734. The monoisotopic (exact) mass is 181 g/mol. The van der Waals surface area contributed by atoms with Crippen LogP contribution in [0.2, 0.25) is 0 Å². The van der Waals surface area contributed by atoms with E-state index in [1.54, 1.807) is 6.07 Å². The highest BCUT2D eigenvalue weighted by atomic mass is 19.1. The summed E-state index contributed by atoms with van der Waals surface area (Å²) < 4.78 is 18.0. The number of ether oxygens (including phenoxy) is 1. The molecule has 1 heterocycles. The molecule has 2 rings (SSSR count). The van der Waals surface area contributed by atoms with Gasteiger partial charge in [0, 0.05) is 0 Å². The molecule has 70 valence electrons. The first-order chi connectivity index (χ1) is 6.24. The van der Waals surface area contributed by atoms with Crippen molar-refractivity contribution in [2.75, 3.05) is 0 Å². The molecule has 0 bridgehead atoms. The van der Waals surface area contributed by atoms with Gasteiger partial charge in [0.05, 0.1) is 12.3 Å². The third-order valence-corrected chi connectivity index (χ3v) is 2.33. The lowest BCUT2D eigenvalue weighted by Gasteiger charge is -2.32. The molecule has 1 saturated carbocycles. The van der Waals surface area contributed by atoms with Gasteiger partial charge in [0.25, 0.3) is 0 Å². The minimum absolute atomic E-state index is 0.308. The van der Waals surface area contributed by atoms with Crippen LogP contribution < -0.4 is 4.74 Å². The summed E-state index contributed by atoms with van der Waals surface area (Å²) in [6.07, 6.45) is 3.93. The van der Waals surface area contributed by atoms with Crippen molar-refractivity contribution in [1.82, 2.24) is 4.98 Å². The van der Waals surface area contributed by atoms with Crippen LogP contribution in [0.15, 0.2) is 18.3 Å². The van der Waals surface area contributed by atoms with E-state index in [4.69, 9.17) is 4.74 Å². The van der Waals surface area contributed by atoms with E-state index >= 15 is 0 Å². The maximum atomic E-state index is 12.4. The van der Waals surface area contributed by atoms with Gasteiger partial charge in [-0.15, -0.1) is 0 Å². The summed E-state index contributed by atoms with van der Waals surface area (Å²) in [6, 6.07) is 2.93. The van der Waals surface area contributed by atoms with Crippen LogP contribution in [-0.2, 0) is 0 Å². The van der Waals surface area contributed by atoms with Gasteiger partial charge in [-0.1, -0.05) is 6.92 Å². The van der Waals surface area contributed by atoms with Crippen LogP contribution in [0.5, 0.6) is 5.75 Å². The molecule has 0 aliphatic heterocycles. The van der Waals surface area contributed by atoms with Crippen molar-refractivity contribution in [3.05, 3.63) is 24.3 Å². The van der Waals surface area contributed by atoms with E-state index in [-0.39, 0.29) is 0 Å². The van der Waals surface area contributed by atoms with Crippen LogP contribution in [0.3, 0.4) is 0 Å². The predicted octanol–water partition coefficient (Wildman–Crippen LogP) is 2.40. The van der Waals surface area contributed by atoms with Crippen LogP contribution in [0, 0.1) is 11.9 Å². The Bertz CT molecular complexity index is 279. The van der Waals surface area contributed by atoms with Crippen molar-refractivity contribution in [3.8, 4) is 5.75 Å². The van der Waals surface area contributed by atoms with Crippen molar-refractivity contribution < 1.29 is 9.13 Å². The van der Waals surface area contributed by atoms with E-state index in [0.717, 1.165) is 18.8 Å². The summed E-state index contributed by atoms with van der Waals surface area (Å²) in [5, 5.41) is 0. The highest BCUT2D eigenvalue weighted by molar-refractivity contribution is 5.16. The smallest absolute Gasteiger partial charge is 0.213 e. The molecule has 0 spiro atoms. The van der Waals surface area contributed by atoms with Gasteiger partial charge >= 0.3 is 0 Å². The Hall–Kier alpha value is -1.12. The Kier molecular flexibility index (Phi) is 2.17. The second-order valence-electron chi connectivity index (χ2n) is 3.63. The van der Waals surface area contributed by atoms with E-state index in [9.17, 15) is 4.39 Å². The standard InChI is InChI=1S/C10H12FNO/c1-7-4-9(5-7)13-8-2-3-10(11)12-6-8/h2-3,6-7,9H,4-5H2,1H3. The molecule has 0 radical (unpaired) electrons. The Morgan fingerprint density at radius 3 is 2.77 bits per heavy atom. The lowest BCUT2D eigenvalue weighted by atomic mass is 9.84. The van der Waals surface area contributed by atoms with Crippen molar-refractivity contribution in [2.45, 2.75) is 25.9 Å². The van der Waals surface area contributed by atoms with Gasteiger partial charge in [-0.2, -0.15) is 4.39 Å². The van der Waals surface area contributed by atoms with Gasteiger partial charge in [-0.3, -0.25) is 0 Å². The Balaban J connectivity index is 1.91. The largest absolute Gasteiger partial charge is 0.489 e. The van der Waals surface area contributed by atoms with Crippen LogP contribution in [0.25, 0.3) is 0 Å². The van der Waals surface area contributed by atoms with Crippen molar-refractivity contribution in [2.24, 2.45) is 5.92 Å². The van der Waals surface area contributed by atoms with Gasteiger partial charge in [-0.05, 0) is 30.9 Å². The van der Waals surface area contributed by atoms with Gasteiger partial charge in [0.1, 0.15) is 5.75 Å². The molecule has 0 unspecified atom stereocenters. The molecule has 1 aromatic heterocycles. The minimum Gasteiger partial charge on any atom is -0.489 e. The van der Waals surface area contributed by atoms with Gasteiger partial charge in [-0.25, -0.2) is 4.98 Å². The number of nitrogens with zero attached hydrogens (tertiary/aromatic N) is 1. The fourth-order valence-electron chi connectivity index (χ4n) is 1.55. The van der Waals surface area contributed by atoms with E-state index in [1.807, 2.05) is 0 Å². The zero-order chi connectivity index (χ0) is 9.26. The van der Waals surface area contributed by atoms with Crippen molar-refractivity contribution in [3.63, 3.8) is 0 Å². The summed E-state index contributed by atoms with van der Waals surface area (Å²) in [7, 11) is 0. The fourth-order valence-corrected chi connectivity index (χ4v) is 1.55. The van der Waals surface area contributed by atoms with Gasteiger partial charge in [0.15, 0.2) is 0 Å². The third kappa shape index (κ3) is 1.97. The lowest BCUT2D eigenvalue weighted by Crippen LogP contribution is -2.31. The molecule has 0 saturated heterocycles. The highest BCUT2D eigenvalue weighted by Gasteiger charge is 2.26. The number of halogens is 1. The van der Waals surface area contributed by atoms with Crippen molar-refractivity contribution >= 4 is 0 Å². The molecule has 0 atom stereocenters. The molecular weight excluding hydrogens is 169 g/mol.